The molecule has 2 fully saturated rings. The molecule has 19 heavy (non-hydrogen) atoms. The highest BCUT2D eigenvalue weighted by atomic mass is 16.6. The smallest absolute Gasteiger partial charge is 0.311 e. The summed E-state index contributed by atoms with van der Waals surface area (Å²) in [6.45, 7) is 2.25. The number of fused-ring (bicyclic) bond motifs is 1. The first kappa shape index (κ1) is 12.3. The maximum atomic E-state index is 11.0. The minimum Gasteiger partial charge on any atom is -0.360 e. The van der Waals surface area contributed by atoms with E-state index in [0.29, 0.717) is 11.9 Å². The first-order valence-electron chi connectivity index (χ1n) is 6.86. The largest absolute Gasteiger partial charge is 0.360 e. The standard InChI is InChI=1S/C13H18N4O2/c18-17(19)12-5-3-7-14-13(12)15-10-6-9-16-8-2-1-4-11(10)16/h3,5,7,10-11H,1-2,4,6,8-9H2,(H,14,15). The molecule has 0 aliphatic carbocycles. The number of hydrogen-bond acceptors (Lipinski definition) is 5. The van der Waals surface area contributed by atoms with Gasteiger partial charge in [-0.05, 0) is 31.9 Å². The van der Waals surface area contributed by atoms with Gasteiger partial charge >= 0.3 is 5.69 Å². The van der Waals surface area contributed by atoms with Crippen LogP contribution in [0.15, 0.2) is 18.3 Å². The first-order chi connectivity index (χ1) is 9.25. The number of rotatable bonds is 3. The second-order valence-electron chi connectivity index (χ2n) is 5.27. The maximum absolute atomic E-state index is 11.0. The predicted octanol–water partition coefficient (Wildman–Crippen LogP) is 2.03. The molecule has 102 valence electrons. The quantitative estimate of drug-likeness (QED) is 0.666. The number of aromatic nitrogens is 1. The van der Waals surface area contributed by atoms with Crippen LogP contribution in [0.5, 0.6) is 0 Å². The second kappa shape index (κ2) is 5.13. The highest BCUT2D eigenvalue weighted by molar-refractivity contribution is 5.56. The highest BCUT2D eigenvalue weighted by Crippen LogP contribution is 2.31. The first-order valence-corrected chi connectivity index (χ1v) is 6.86. The molecule has 2 saturated heterocycles. The summed E-state index contributed by atoms with van der Waals surface area (Å²) in [4.78, 5) is 17.2. The number of nitrogens with one attached hydrogen (secondary N) is 1. The number of anilines is 1. The van der Waals surface area contributed by atoms with E-state index in [4.69, 9.17) is 0 Å². The fourth-order valence-corrected chi connectivity index (χ4v) is 3.25. The molecule has 6 nitrogen and oxygen atoms in total. The van der Waals surface area contributed by atoms with E-state index in [9.17, 15) is 10.1 Å². The van der Waals surface area contributed by atoms with E-state index < -0.39 is 0 Å². The summed E-state index contributed by atoms with van der Waals surface area (Å²) >= 11 is 0. The van der Waals surface area contributed by atoms with Crippen LogP contribution in [-0.2, 0) is 0 Å². The van der Waals surface area contributed by atoms with Crippen molar-refractivity contribution in [3.8, 4) is 0 Å². The fraction of sp³-hybridized carbons (Fsp3) is 0.615. The van der Waals surface area contributed by atoms with Crippen LogP contribution in [0.25, 0.3) is 0 Å². The van der Waals surface area contributed by atoms with E-state index in [1.54, 1.807) is 12.3 Å². The molecule has 1 aromatic heterocycles. The van der Waals surface area contributed by atoms with Gasteiger partial charge in [-0.25, -0.2) is 4.98 Å². The molecule has 2 atom stereocenters. The molecule has 3 rings (SSSR count). The summed E-state index contributed by atoms with van der Waals surface area (Å²) in [6, 6.07) is 3.90. The third-order valence-electron chi connectivity index (χ3n) is 4.16. The van der Waals surface area contributed by atoms with Gasteiger partial charge in [0.25, 0.3) is 0 Å². The van der Waals surface area contributed by atoms with Crippen molar-refractivity contribution in [2.24, 2.45) is 0 Å². The summed E-state index contributed by atoms with van der Waals surface area (Å²) in [6.07, 6.45) is 6.34. The van der Waals surface area contributed by atoms with Gasteiger partial charge in [0.05, 0.1) is 4.92 Å². The zero-order chi connectivity index (χ0) is 13.2. The average Bonchev–Trinajstić information content (AvgIpc) is 2.83. The number of piperidine rings is 1. The molecule has 0 spiro atoms. The summed E-state index contributed by atoms with van der Waals surface area (Å²) in [7, 11) is 0. The van der Waals surface area contributed by atoms with Crippen LogP contribution < -0.4 is 5.32 Å². The molecular formula is C13H18N4O2. The molecular weight excluding hydrogens is 244 g/mol. The summed E-state index contributed by atoms with van der Waals surface area (Å²) < 4.78 is 0. The SMILES string of the molecule is O=[N+]([O-])c1cccnc1NC1CCN2CCCCC12. The van der Waals surface area contributed by atoms with Gasteiger partial charge in [-0.3, -0.25) is 15.0 Å². The van der Waals surface area contributed by atoms with E-state index >= 15 is 0 Å². The van der Waals surface area contributed by atoms with Crippen molar-refractivity contribution < 1.29 is 4.92 Å². The third-order valence-corrected chi connectivity index (χ3v) is 4.16. The van der Waals surface area contributed by atoms with Gasteiger partial charge in [0.15, 0.2) is 0 Å². The fourth-order valence-electron chi connectivity index (χ4n) is 3.25. The van der Waals surface area contributed by atoms with Gasteiger partial charge in [0, 0.05) is 30.9 Å². The van der Waals surface area contributed by atoms with Gasteiger partial charge in [-0.2, -0.15) is 0 Å². The molecule has 1 N–H and O–H groups in total. The predicted molar refractivity (Wildman–Crippen MR) is 72.1 cm³/mol. The van der Waals surface area contributed by atoms with Gasteiger partial charge in [-0.1, -0.05) is 6.42 Å². The lowest BCUT2D eigenvalue weighted by Crippen LogP contribution is -2.41. The minimum atomic E-state index is -0.372. The van der Waals surface area contributed by atoms with E-state index in [2.05, 4.69) is 15.2 Å². The Hall–Kier alpha value is -1.69. The van der Waals surface area contributed by atoms with Crippen LogP contribution >= 0.6 is 0 Å². The van der Waals surface area contributed by atoms with Crippen molar-refractivity contribution >= 4 is 11.5 Å². The lowest BCUT2D eigenvalue weighted by atomic mass is 9.99. The topological polar surface area (TPSA) is 71.3 Å². The molecule has 2 aliphatic heterocycles. The summed E-state index contributed by atoms with van der Waals surface area (Å²) in [5, 5.41) is 14.3. The van der Waals surface area contributed by atoms with Crippen molar-refractivity contribution in [3.63, 3.8) is 0 Å². The van der Waals surface area contributed by atoms with Crippen molar-refractivity contribution in [2.75, 3.05) is 18.4 Å². The Morgan fingerprint density at radius 2 is 2.26 bits per heavy atom. The monoisotopic (exact) mass is 262 g/mol. The van der Waals surface area contributed by atoms with Gasteiger partial charge in [0.1, 0.15) is 0 Å². The molecule has 0 bridgehead atoms. The number of hydrogen-bond donors (Lipinski definition) is 1. The molecule has 1 aromatic rings. The number of pyridine rings is 1. The molecule has 6 heteroatoms. The molecule has 2 aliphatic rings. The summed E-state index contributed by atoms with van der Waals surface area (Å²) in [5.74, 6) is 0.407. The maximum Gasteiger partial charge on any atom is 0.311 e. The van der Waals surface area contributed by atoms with E-state index in [0.717, 1.165) is 19.5 Å². The van der Waals surface area contributed by atoms with Gasteiger partial charge in [0.2, 0.25) is 5.82 Å². The van der Waals surface area contributed by atoms with E-state index in [1.165, 1.54) is 25.3 Å². The van der Waals surface area contributed by atoms with E-state index in [-0.39, 0.29) is 16.7 Å². The van der Waals surface area contributed by atoms with Crippen LogP contribution in [0.2, 0.25) is 0 Å². The third kappa shape index (κ3) is 2.40. The Bertz CT molecular complexity index is 479. The van der Waals surface area contributed by atoms with Crippen LogP contribution in [0, 0.1) is 10.1 Å². The Morgan fingerprint density at radius 3 is 3.11 bits per heavy atom. The molecule has 0 saturated carbocycles. The van der Waals surface area contributed by atoms with Gasteiger partial charge < -0.3 is 5.32 Å². The van der Waals surface area contributed by atoms with Crippen molar-refractivity contribution in [2.45, 2.75) is 37.8 Å². The lowest BCUT2D eigenvalue weighted by Gasteiger charge is -2.32. The van der Waals surface area contributed by atoms with Crippen molar-refractivity contribution in [1.82, 2.24) is 9.88 Å². The Morgan fingerprint density at radius 1 is 1.37 bits per heavy atom. The number of nitro groups is 1. The van der Waals surface area contributed by atoms with E-state index in [1.807, 2.05) is 0 Å². The lowest BCUT2D eigenvalue weighted by molar-refractivity contribution is -0.384. The normalized spacial score (nSPS) is 26.9. The molecule has 3 heterocycles. The highest BCUT2D eigenvalue weighted by Gasteiger charge is 2.36. The van der Waals surface area contributed by atoms with Crippen LogP contribution in [0.1, 0.15) is 25.7 Å². The summed E-state index contributed by atoms with van der Waals surface area (Å²) in [5.41, 5.74) is 0.0664. The average molecular weight is 262 g/mol. The number of nitrogens with zero attached hydrogens (tertiary/aromatic N) is 3. The van der Waals surface area contributed by atoms with Crippen LogP contribution in [0.3, 0.4) is 0 Å². The molecule has 0 aromatic carbocycles. The second-order valence-corrected chi connectivity index (χ2v) is 5.27. The van der Waals surface area contributed by atoms with Gasteiger partial charge in [-0.15, -0.1) is 0 Å². The Labute approximate surface area is 112 Å². The Balaban J connectivity index is 1.76. The van der Waals surface area contributed by atoms with Crippen molar-refractivity contribution in [3.05, 3.63) is 28.4 Å². The zero-order valence-electron chi connectivity index (χ0n) is 10.8. The van der Waals surface area contributed by atoms with Crippen molar-refractivity contribution in [1.29, 1.82) is 0 Å². The molecule has 2 unspecified atom stereocenters. The Kier molecular flexibility index (Phi) is 3.33. The molecule has 0 radical (unpaired) electrons. The zero-order valence-corrected chi connectivity index (χ0v) is 10.8. The van der Waals surface area contributed by atoms with Crippen LogP contribution in [-0.4, -0.2) is 40.0 Å². The van der Waals surface area contributed by atoms with Crippen LogP contribution in [0.4, 0.5) is 11.5 Å². The molecule has 0 amide bonds. The minimum absolute atomic E-state index is 0.0664.